The number of hydrogen-bond donors (Lipinski definition) is 3. The van der Waals surface area contributed by atoms with Gasteiger partial charge in [0.2, 0.25) is 11.8 Å². The third-order valence-corrected chi connectivity index (χ3v) is 8.86. The lowest BCUT2D eigenvalue weighted by Crippen LogP contribution is -2.21. The van der Waals surface area contributed by atoms with E-state index in [9.17, 15) is 27.6 Å². The standard InChI is InChI=1S/C27H16Cl5F4N3O3/c28-14-4-2-11(37-25(42)20-19(27(20,31)32)10-1-3-15(29)16(30)7-10)8-12(14)23(40)38-18-6-5-17(33)22(21(18)34)39-24(41)13-9-26(13,35)36/h1-8,13,19-20H,9H2,(H,37,42)(H,38,40)(H,39,41)/t13?,19-,20+/m0/s1. The first-order chi connectivity index (χ1) is 19.6. The predicted molar refractivity (Wildman–Crippen MR) is 153 cm³/mol. The second-order valence-corrected chi connectivity index (χ2v) is 12.4. The van der Waals surface area contributed by atoms with E-state index in [1.54, 1.807) is 23.5 Å². The molecule has 2 aliphatic rings. The SMILES string of the molecule is O=C(Nc1ccc(F)c(NC(=O)C2CC2(F)F)c1F)c1cc(NC(=O)[C@H]2[C@H](c3ccc(Cl)c(Cl)c3)C2(Cl)Cl)ccc1Cl. The third-order valence-electron chi connectivity index (χ3n) is 6.85. The van der Waals surface area contributed by atoms with Crippen LogP contribution < -0.4 is 16.0 Å². The van der Waals surface area contributed by atoms with Gasteiger partial charge >= 0.3 is 0 Å². The van der Waals surface area contributed by atoms with Gasteiger partial charge in [0.1, 0.15) is 21.8 Å². The molecule has 2 saturated carbocycles. The molecule has 3 aromatic rings. The average Bonchev–Trinajstić information content (AvgIpc) is 3.75. The van der Waals surface area contributed by atoms with Crippen LogP contribution >= 0.6 is 58.0 Å². The minimum absolute atomic E-state index is 0.0818. The summed E-state index contributed by atoms with van der Waals surface area (Å²) in [6.07, 6.45) is -0.739. The highest BCUT2D eigenvalue weighted by molar-refractivity contribution is 6.53. The van der Waals surface area contributed by atoms with Gasteiger partial charge in [0, 0.05) is 18.0 Å². The van der Waals surface area contributed by atoms with Gasteiger partial charge in [0.25, 0.3) is 11.8 Å². The Morgan fingerprint density at radius 3 is 2.12 bits per heavy atom. The number of rotatable bonds is 7. The van der Waals surface area contributed by atoms with Crippen LogP contribution in [-0.2, 0) is 9.59 Å². The molecule has 0 aliphatic heterocycles. The van der Waals surface area contributed by atoms with Crippen molar-refractivity contribution >= 4 is 92.8 Å². The molecule has 3 atom stereocenters. The van der Waals surface area contributed by atoms with Gasteiger partial charge < -0.3 is 16.0 Å². The summed E-state index contributed by atoms with van der Waals surface area (Å²) in [7, 11) is 0. The van der Waals surface area contributed by atoms with Gasteiger partial charge in [0.05, 0.1) is 32.2 Å². The second kappa shape index (κ2) is 11.1. The van der Waals surface area contributed by atoms with Crippen molar-refractivity contribution in [3.8, 4) is 0 Å². The molecule has 3 aromatic carbocycles. The van der Waals surface area contributed by atoms with E-state index >= 15 is 4.39 Å². The fraction of sp³-hybridized carbons (Fsp3) is 0.222. The molecule has 2 fully saturated rings. The van der Waals surface area contributed by atoms with Crippen molar-refractivity contribution in [2.75, 3.05) is 16.0 Å². The van der Waals surface area contributed by atoms with Crippen molar-refractivity contribution in [2.24, 2.45) is 11.8 Å². The van der Waals surface area contributed by atoms with Crippen molar-refractivity contribution in [2.45, 2.75) is 22.6 Å². The number of halogens is 9. The van der Waals surface area contributed by atoms with Crippen molar-refractivity contribution in [3.63, 3.8) is 0 Å². The molecule has 0 bridgehead atoms. The fourth-order valence-electron chi connectivity index (χ4n) is 4.43. The zero-order valence-corrected chi connectivity index (χ0v) is 24.5. The number of carbonyl (C=O) groups is 3. The summed E-state index contributed by atoms with van der Waals surface area (Å²) in [4.78, 5) is 38.0. The molecule has 42 heavy (non-hydrogen) atoms. The second-order valence-electron chi connectivity index (χ2n) is 9.73. The smallest absolute Gasteiger partial charge is 0.260 e. The largest absolute Gasteiger partial charge is 0.326 e. The molecule has 5 rings (SSSR count). The van der Waals surface area contributed by atoms with Crippen LogP contribution in [0.15, 0.2) is 48.5 Å². The minimum atomic E-state index is -3.25. The number of hydrogen-bond acceptors (Lipinski definition) is 3. The van der Waals surface area contributed by atoms with Gasteiger partial charge in [-0.1, -0.05) is 40.9 Å². The molecular weight excluding hydrogens is 668 g/mol. The van der Waals surface area contributed by atoms with Crippen LogP contribution in [0.4, 0.5) is 34.6 Å². The Hall–Kier alpha value is -2.76. The lowest BCUT2D eigenvalue weighted by atomic mass is 10.1. The highest BCUT2D eigenvalue weighted by atomic mass is 35.5. The summed E-state index contributed by atoms with van der Waals surface area (Å²) >= 11 is 30.9. The maximum absolute atomic E-state index is 15.0. The first-order valence-corrected chi connectivity index (χ1v) is 13.9. The first-order valence-electron chi connectivity index (χ1n) is 12.0. The third kappa shape index (κ3) is 5.88. The van der Waals surface area contributed by atoms with Gasteiger partial charge in [0.15, 0.2) is 5.82 Å². The van der Waals surface area contributed by atoms with Crippen LogP contribution in [0.25, 0.3) is 0 Å². The molecule has 0 heterocycles. The molecule has 220 valence electrons. The number of anilines is 3. The normalized spacial score (nSPS) is 21.3. The molecule has 1 unspecified atom stereocenters. The minimum Gasteiger partial charge on any atom is -0.326 e. The lowest BCUT2D eigenvalue weighted by Gasteiger charge is -2.13. The Bertz CT molecular complexity index is 1660. The summed E-state index contributed by atoms with van der Waals surface area (Å²) < 4.78 is 54.1. The summed E-state index contributed by atoms with van der Waals surface area (Å²) in [6.45, 7) is 0. The highest BCUT2D eigenvalue weighted by Crippen LogP contribution is 2.65. The molecular formula is C27H16Cl5F4N3O3. The Balaban J connectivity index is 1.30. The van der Waals surface area contributed by atoms with Crippen LogP contribution in [0.5, 0.6) is 0 Å². The molecule has 2 aliphatic carbocycles. The first kappa shape index (κ1) is 30.7. The zero-order valence-electron chi connectivity index (χ0n) is 20.7. The monoisotopic (exact) mass is 681 g/mol. The van der Waals surface area contributed by atoms with E-state index < -0.39 is 75.2 Å². The summed E-state index contributed by atoms with van der Waals surface area (Å²) in [5.41, 5.74) is -1.06. The van der Waals surface area contributed by atoms with E-state index in [1.807, 2.05) is 0 Å². The van der Waals surface area contributed by atoms with E-state index in [-0.39, 0.29) is 21.3 Å². The fourth-order valence-corrected chi connectivity index (χ4v) is 5.77. The number of amides is 3. The van der Waals surface area contributed by atoms with Gasteiger partial charge in [-0.25, -0.2) is 17.6 Å². The van der Waals surface area contributed by atoms with Gasteiger partial charge in [-0.05, 0) is 48.0 Å². The molecule has 0 radical (unpaired) electrons. The molecule has 0 saturated heterocycles. The number of nitrogens with one attached hydrogen (secondary N) is 3. The van der Waals surface area contributed by atoms with Crippen molar-refractivity contribution in [1.29, 1.82) is 0 Å². The average molecular weight is 684 g/mol. The van der Waals surface area contributed by atoms with Crippen LogP contribution in [0.2, 0.25) is 15.1 Å². The summed E-state index contributed by atoms with van der Waals surface area (Å²) in [5, 5.41) is 7.10. The van der Waals surface area contributed by atoms with Crippen LogP contribution in [0.1, 0.15) is 28.3 Å². The molecule has 0 spiro atoms. The molecule has 6 nitrogen and oxygen atoms in total. The molecule has 0 aromatic heterocycles. The van der Waals surface area contributed by atoms with E-state index in [1.165, 1.54) is 18.2 Å². The molecule has 3 amide bonds. The quantitative estimate of drug-likeness (QED) is 0.173. The maximum Gasteiger partial charge on any atom is 0.260 e. The lowest BCUT2D eigenvalue weighted by molar-refractivity contribution is -0.119. The number of benzene rings is 3. The number of alkyl halides is 4. The van der Waals surface area contributed by atoms with Gasteiger partial charge in [-0.2, -0.15) is 0 Å². The number of carbonyl (C=O) groups excluding carboxylic acids is 3. The Morgan fingerprint density at radius 1 is 0.810 bits per heavy atom. The van der Waals surface area contributed by atoms with E-state index in [0.717, 1.165) is 12.1 Å². The van der Waals surface area contributed by atoms with Gasteiger partial charge in [-0.3, -0.25) is 14.4 Å². The predicted octanol–water partition coefficient (Wildman–Crippen LogP) is 8.30. The Morgan fingerprint density at radius 2 is 1.48 bits per heavy atom. The zero-order chi connectivity index (χ0) is 30.7. The Kier molecular flexibility index (Phi) is 8.08. The topological polar surface area (TPSA) is 87.3 Å². The van der Waals surface area contributed by atoms with Gasteiger partial charge in [-0.15, -0.1) is 23.2 Å². The highest BCUT2D eigenvalue weighted by Gasteiger charge is 2.67. The van der Waals surface area contributed by atoms with Crippen molar-refractivity contribution in [1.82, 2.24) is 0 Å². The van der Waals surface area contributed by atoms with Crippen molar-refractivity contribution < 1.29 is 31.9 Å². The van der Waals surface area contributed by atoms with Crippen LogP contribution in [0.3, 0.4) is 0 Å². The summed E-state index contributed by atoms with van der Waals surface area (Å²) in [5.74, 6) is -11.9. The van der Waals surface area contributed by atoms with E-state index in [2.05, 4.69) is 10.6 Å². The maximum atomic E-state index is 15.0. The Labute approximate surface area is 260 Å². The molecule has 3 N–H and O–H groups in total. The van der Waals surface area contributed by atoms with E-state index in [0.29, 0.717) is 10.6 Å². The van der Waals surface area contributed by atoms with E-state index in [4.69, 9.17) is 58.0 Å². The molecule has 15 heteroatoms. The summed E-state index contributed by atoms with van der Waals surface area (Å²) in [6, 6.07) is 10.3. The van der Waals surface area contributed by atoms with Crippen LogP contribution in [0, 0.1) is 23.5 Å². The van der Waals surface area contributed by atoms with Crippen LogP contribution in [-0.4, -0.2) is 28.0 Å². The van der Waals surface area contributed by atoms with Crippen molar-refractivity contribution in [3.05, 3.63) is 86.4 Å².